The maximum absolute atomic E-state index is 13.6. The quantitative estimate of drug-likeness (QED) is 0.191. The maximum atomic E-state index is 13.6. The molecule has 4 heterocycles. The molecule has 0 bridgehead atoms. The van der Waals surface area contributed by atoms with Crippen LogP contribution in [0, 0.1) is 0 Å². The first-order valence-electron chi connectivity index (χ1n) is 14.1. The molecule has 0 radical (unpaired) electrons. The van der Waals surface area contributed by atoms with Gasteiger partial charge in [-0.05, 0) is 77.4 Å². The number of nitrogens with zero attached hydrogens (tertiary/aromatic N) is 7. The summed E-state index contributed by atoms with van der Waals surface area (Å²) in [5, 5.41) is 21.9. The van der Waals surface area contributed by atoms with Crippen LogP contribution in [0.4, 0.5) is 10.5 Å². The summed E-state index contributed by atoms with van der Waals surface area (Å²) in [5.41, 5.74) is 4.61. The highest BCUT2D eigenvalue weighted by Gasteiger charge is 2.30. The van der Waals surface area contributed by atoms with Crippen LogP contribution in [0.2, 0.25) is 10.2 Å². The SMILES string of the molecule is COCCOCCN(C(=O)O)c1ccc(-c2nc(Cl)c([C@@H]3CCc4cc(-c5cc(Cl)ccc5-n5cnnn5)cc(=O)n43)[nH]2)cc1. The number of aromatic nitrogens is 7. The third-order valence-corrected chi connectivity index (χ3v) is 8.12. The van der Waals surface area contributed by atoms with Gasteiger partial charge >= 0.3 is 6.09 Å². The second kappa shape index (κ2) is 13.2. The predicted molar refractivity (Wildman–Crippen MR) is 167 cm³/mol. The van der Waals surface area contributed by atoms with Crippen LogP contribution in [0.15, 0.2) is 65.7 Å². The van der Waals surface area contributed by atoms with Gasteiger partial charge in [0.1, 0.15) is 12.2 Å². The fraction of sp³-hybridized carbons (Fsp3) is 0.267. The van der Waals surface area contributed by atoms with Crippen molar-refractivity contribution in [3.63, 3.8) is 0 Å². The number of benzene rings is 2. The van der Waals surface area contributed by atoms with E-state index in [1.807, 2.05) is 6.07 Å². The molecule has 1 atom stereocenters. The number of nitrogens with one attached hydrogen (secondary N) is 1. The summed E-state index contributed by atoms with van der Waals surface area (Å²) < 4.78 is 13.6. The number of methoxy groups -OCH3 is 1. The highest BCUT2D eigenvalue weighted by atomic mass is 35.5. The first kappa shape index (κ1) is 30.5. The van der Waals surface area contributed by atoms with Crippen molar-refractivity contribution in [3.8, 4) is 28.2 Å². The summed E-state index contributed by atoms with van der Waals surface area (Å²) in [5.74, 6) is 0.509. The minimum absolute atomic E-state index is 0.170. The number of aryl methyl sites for hydroxylation is 1. The van der Waals surface area contributed by atoms with Crippen molar-refractivity contribution in [2.24, 2.45) is 0 Å². The van der Waals surface area contributed by atoms with Crippen molar-refractivity contribution >= 4 is 35.0 Å². The summed E-state index contributed by atoms with van der Waals surface area (Å²) >= 11 is 13.0. The van der Waals surface area contributed by atoms with E-state index in [1.54, 1.807) is 60.2 Å². The van der Waals surface area contributed by atoms with Crippen LogP contribution >= 0.6 is 23.2 Å². The molecule has 232 valence electrons. The van der Waals surface area contributed by atoms with Crippen molar-refractivity contribution in [1.82, 2.24) is 34.7 Å². The Labute approximate surface area is 266 Å². The number of carbonyl (C=O) groups is 1. The van der Waals surface area contributed by atoms with E-state index in [1.165, 1.54) is 15.9 Å². The van der Waals surface area contributed by atoms with Gasteiger partial charge in [0.15, 0.2) is 5.15 Å². The summed E-state index contributed by atoms with van der Waals surface area (Å²) in [7, 11) is 1.57. The van der Waals surface area contributed by atoms with E-state index in [0.717, 1.165) is 11.3 Å². The van der Waals surface area contributed by atoms with E-state index >= 15 is 0 Å². The zero-order valence-corrected chi connectivity index (χ0v) is 25.6. The van der Waals surface area contributed by atoms with Crippen LogP contribution in [0.25, 0.3) is 28.2 Å². The molecule has 6 rings (SSSR count). The van der Waals surface area contributed by atoms with E-state index in [0.29, 0.717) is 65.1 Å². The standard InChI is InChI=1S/C30H28Cl2N8O5/c1-44-12-13-45-11-10-38(30(42)43)21-5-2-18(3-6-21)29-34-27(28(32)35-29)25-9-7-22-14-19(15-26(41)40(22)25)23-16-20(31)4-8-24(23)39-17-33-36-37-39/h2-6,8,14-17,25H,7,9-13H2,1H3,(H,34,35)(H,42,43)/t25-/m0/s1. The number of pyridine rings is 1. The fourth-order valence-corrected chi connectivity index (χ4v) is 5.92. The number of anilines is 1. The largest absolute Gasteiger partial charge is 0.465 e. The van der Waals surface area contributed by atoms with E-state index in [4.69, 9.17) is 32.7 Å². The number of tetrazole rings is 1. The fourth-order valence-electron chi connectivity index (χ4n) is 5.49. The number of carboxylic acid groups (broad SMARTS) is 1. The highest BCUT2D eigenvalue weighted by molar-refractivity contribution is 6.31. The molecule has 1 aliphatic heterocycles. The van der Waals surface area contributed by atoms with Crippen molar-refractivity contribution in [1.29, 1.82) is 0 Å². The lowest BCUT2D eigenvalue weighted by atomic mass is 10.0. The number of amides is 1. The van der Waals surface area contributed by atoms with E-state index in [9.17, 15) is 14.7 Å². The molecule has 0 saturated heterocycles. The first-order chi connectivity index (χ1) is 21.8. The number of rotatable bonds is 11. The van der Waals surface area contributed by atoms with Gasteiger partial charge in [-0.15, -0.1) is 5.10 Å². The molecule has 15 heteroatoms. The summed E-state index contributed by atoms with van der Waals surface area (Å²) in [6.07, 6.45) is 1.69. The smallest absolute Gasteiger partial charge is 0.411 e. The predicted octanol–water partition coefficient (Wildman–Crippen LogP) is 4.87. The van der Waals surface area contributed by atoms with Gasteiger partial charge in [0.25, 0.3) is 5.56 Å². The van der Waals surface area contributed by atoms with Gasteiger partial charge in [-0.25, -0.2) is 9.78 Å². The zero-order chi connectivity index (χ0) is 31.5. The molecule has 0 spiro atoms. The maximum Gasteiger partial charge on any atom is 0.411 e. The van der Waals surface area contributed by atoms with Crippen LogP contribution in [0.1, 0.15) is 23.9 Å². The number of H-pyrrole nitrogens is 1. The van der Waals surface area contributed by atoms with Gasteiger partial charge in [-0.1, -0.05) is 23.2 Å². The van der Waals surface area contributed by atoms with Gasteiger partial charge in [-0.2, -0.15) is 4.68 Å². The van der Waals surface area contributed by atoms with Crippen LogP contribution in [0.5, 0.6) is 0 Å². The molecule has 0 aliphatic carbocycles. The topological polar surface area (TPSA) is 153 Å². The Balaban J connectivity index is 1.24. The number of imidazole rings is 1. The monoisotopic (exact) mass is 650 g/mol. The van der Waals surface area contributed by atoms with Gasteiger partial charge in [0.05, 0.1) is 43.8 Å². The molecular formula is C30H28Cl2N8O5. The molecule has 2 N–H and O–H groups in total. The number of aromatic amines is 1. The molecule has 0 fully saturated rings. The van der Waals surface area contributed by atoms with Crippen LogP contribution in [-0.2, 0) is 15.9 Å². The summed E-state index contributed by atoms with van der Waals surface area (Å²) in [6, 6.07) is 15.5. The zero-order valence-electron chi connectivity index (χ0n) is 24.1. The van der Waals surface area contributed by atoms with Gasteiger partial charge in [-0.3, -0.25) is 9.69 Å². The molecule has 2 aromatic carbocycles. The second-order valence-electron chi connectivity index (χ2n) is 10.3. The number of fused-ring (bicyclic) bond motifs is 1. The third kappa shape index (κ3) is 6.33. The second-order valence-corrected chi connectivity index (χ2v) is 11.1. The Hall–Kier alpha value is -4.56. The Morgan fingerprint density at radius 3 is 2.64 bits per heavy atom. The van der Waals surface area contributed by atoms with Crippen LogP contribution < -0.4 is 10.5 Å². The summed E-state index contributed by atoms with van der Waals surface area (Å²) in [4.78, 5) is 34.5. The van der Waals surface area contributed by atoms with Gasteiger partial charge in [0, 0.05) is 40.7 Å². The number of halogens is 2. The van der Waals surface area contributed by atoms with Crippen LogP contribution in [-0.4, -0.2) is 79.4 Å². The van der Waals surface area contributed by atoms with Gasteiger partial charge in [0.2, 0.25) is 0 Å². The average molecular weight is 652 g/mol. The molecule has 13 nitrogen and oxygen atoms in total. The Bertz CT molecular complexity index is 1870. The van der Waals surface area contributed by atoms with Crippen LogP contribution in [0.3, 0.4) is 0 Å². The Kier molecular flexibility index (Phi) is 8.94. The van der Waals surface area contributed by atoms with E-state index in [2.05, 4.69) is 25.5 Å². The molecule has 5 aromatic rings. The first-order valence-corrected chi connectivity index (χ1v) is 14.8. The van der Waals surface area contributed by atoms with Crippen molar-refractivity contribution in [3.05, 3.63) is 92.8 Å². The molecule has 0 unspecified atom stereocenters. The average Bonchev–Trinajstić information content (AvgIpc) is 3.79. The molecule has 3 aromatic heterocycles. The van der Waals surface area contributed by atoms with Crippen molar-refractivity contribution in [2.45, 2.75) is 18.9 Å². The van der Waals surface area contributed by atoms with E-state index < -0.39 is 6.09 Å². The lowest BCUT2D eigenvalue weighted by molar-refractivity contribution is 0.0738. The lowest BCUT2D eigenvalue weighted by Crippen LogP contribution is -2.32. The third-order valence-electron chi connectivity index (χ3n) is 7.59. The minimum Gasteiger partial charge on any atom is -0.465 e. The Morgan fingerprint density at radius 2 is 1.91 bits per heavy atom. The summed E-state index contributed by atoms with van der Waals surface area (Å²) in [6.45, 7) is 1.22. The van der Waals surface area contributed by atoms with Crippen molar-refractivity contribution < 1.29 is 19.4 Å². The minimum atomic E-state index is -1.09. The number of ether oxygens (including phenoxy) is 2. The van der Waals surface area contributed by atoms with Crippen molar-refractivity contribution in [2.75, 3.05) is 38.4 Å². The van der Waals surface area contributed by atoms with E-state index in [-0.39, 0.29) is 29.9 Å². The molecule has 0 saturated carbocycles. The molecule has 1 amide bonds. The Morgan fingerprint density at radius 1 is 1.09 bits per heavy atom. The normalized spacial score (nSPS) is 14.1. The number of hydrogen-bond acceptors (Lipinski definition) is 8. The molecule has 1 aliphatic rings. The molecule has 45 heavy (non-hydrogen) atoms. The molecular weight excluding hydrogens is 623 g/mol. The van der Waals surface area contributed by atoms with Gasteiger partial charge < -0.3 is 24.1 Å². The highest BCUT2D eigenvalue weighted by Crippen LogP contribution is 2.37. The number of hydrogen-bond donors (Lipinski definition) is 2. The lowest BCUT2D eigenvalue weighted by Gasteiger charge is -2.19.